The minimum atomic E-state index is -3.08. The summed E-state index contributed by atoms with van der Waals surface area (Å²) in [5, 5.41) is 136. The molecular weight excluding hydrogens is 1180 g/mol. The first-order valence-electron chi connectivity index (χ1n) is 34.9. The van der Waals surface area contributed by atoms with E-state index >= 15 is 0 Å². The van der Waals surface area contributed by atoms with Crippen molar-refractivity contribution in [1.82, 2.24) is 10.6 Å². The van der Waals surface area contributed by atoms with Crippen molar-refractivity contribution in [1.29, 1.82) is 0 Å². The first-order chi connectivity index (χ1) is 43.9. The van der Waals surface area contributed by atoms with Crippen LogP contribution >= 0.6 is 0 Å². The Morgan fingerprint density at radius 2 is 1.05 bits per heavy atom. The molecule has 3 fully saturated rings. The molecule has 0 bridgehead atoms. The number of carbonyl (C=O) groups is 3. The fourth-order valence-electron chi connectivity index (χ4n) is 12.0. The van der Waals surface area contributed by atoms with E-state index in [0.29, 0.717) is 12.8 Å². The van der Waals surface area contributed by atoms with Crippen molar-refractivity contribution in [3.8, 4) is 0 Å². The number of rotatable bonds is 52. The predicted molar refractivity (Wildman–Crippen MR) is 343 cm³/mol. The van der Waals surface area contributed by atoms with Crippen molar-refractivity contribution in [2.24, 2.45) is 0 Å². The summed E-state index contributed by atoms with van der Waals surface area (Å²) in [6, 6.07) is -2.63. The van der Waals surface area contributed by atoms with Crippen LogP contribution in [0.15, 0.2) is 36.5 Å². The summed E-state index contributed by atoms with van der Waals surface area (Å²) in [5.74, 6) is -6.16. The summed E-state index contributed by atoms with van der Waals surface area (Å²) in [4.78, 5) is 38.5. The van der Waals surface area contributed by atoms with Gasteiger partial charge in [-0.25, -0.2) is 4.79 Å². The number of nitrogens with one attached hydrogen (secondary N) is 2. The van der Waals surface area contributed by atoms with E-state index in [1.54, 1.807) is 6.08 Å². The molecule has 3 rings (SSSR count). The Hall–Kier alpha value is -3.05. The molecule has 530 valence electrons. The second-order valence-electron chi connectivity index (χ2n) is 25.4. The number of aliphatic hydroxyl groups excluding tert-OH is 11. The van der Waals surface area contributed by atoms with Crippen molar-refractivity contribution in [3.05, 3.63) is 36.5 Å². The van der Waals surface area contributed by atoms with E-state index in [2.05, 4.69) is 48.8 Å². The van der Waals surface area contributed by atoms with Gasteiger partial charge in [0, 0.05) is 19.8 Å². The Morgan fingerprint density at radius 1 is 0.582 bits per heavy atom. The van der Waals surface area contributed by atoms with Gasteiger partial charge in [0.2, 0.25) is 11.8 Å². The molecule has 0 aliphatic carbocycles. The number of amides is 2. The van der Waals surface area contributed by atoms with Crippen LogP contribution in [0, 0.1) is 0 Å². The summed E-state index contributed by atoms with van der Waals surface area (Å²) in [6.45, 7) is 2.09. The van der Waals surface area contributed by atoms with Crippen LogP contribution in [-0.4, -0.2) is 215 Å². The zero-order valence-corrected chi connectivity index (χ0v) is 55.2. The number of carboxylic acid groups (broad SMARTS) is 1. The topological polar surface area (TPSA) is 373 Å². The average molecular weight is 1300 g/mol. The van der Waals surface area contributed by atoms with Crippen LogP contribution in [-0.2, 0) is 42.8 Å². The fraction of sp³-hybridized carbons (Fsp3) is 0.868. The number of allylic oxidation sites excluding steroid dienone is 5. The highest BCUT2D eigenvalue weighted by Gasteiger charge is 2.60. The van der Waals surface area contributed by atoms with Crippen molar-refractivity contribution >= 4 is 17.8 Å². The lowest BCUT2D eigenvalue weighted by Gasteiger charge is -2.50. The molecule has 0 aromatic carbocycles. The van der Waals surface area contributed by atoms with Crippen molar-refractivity contribution in [2.45, 2.75) is 349 Å². The molecule has 0 aromatic heterocycles. The van der Waals surface area contributed by atoms with Gasteiger partial charge in [-0.05, 0) is 44.9 Å². The molecule has 2 amide bonds. The highest BCUT2D eigenvalue weighted by molar-refractivity contribution is 5.77. The number of carboxylic acids is 1. The molecule has 14 N–H and O–H groups in total. The lowest BCUT2D eigenvalue weighted by atomic mass is 9.88. The summed E-state index contributed by atoms with van der Waals surface area (Å²) in [6.07, 6.45) is 20.4. The monoisotopic (exact) mass is 1300 g/mol. The second-order valence-corrected chi connectivity index (χ2v) is 25.4. The quantitative estimate of drug-likeness (QED) is 0.0182. The van der Waals surface area contributed by atoms with Crippen LogP contribution in [0.5, 0.6) is 0 Å². The van der Waals surface area contributed by atoms with E-state index in [-0.39, 0.29) is 12.3 Å². The van der Waals surface area contributed by atoms with Crippen LogP contribution in [0.4, 0.5) is 0 Å². The van der Waals surface area contributed by atoms with Gasteiger partial charge in [-0.2, -0.15) is 0 Å². The van der Waals surface area contributed by atoms with Crippen LogP contribution in [0.1, 0.15) is 239 Å². The maximum absolute atomic E-state index is 13.4. The zero-order chi connectivity index (χ0) is 66.8. The smallest absolute Gasteiger partial charge is 0.364 e. The molecule has 23 nitrogen and oxygen atoms in total. The van der Waals surface area contributed by atoms with E-state index in [9.17, 15) is 75.7 Å². The van der Waals surface area contributed by atoms with Gasteiger partial charge in [-0.15, -0.1) is 0 Å². The third-order valence-corrected chi connectivity index (χ3v) is 17.6. The number of unbranched alkanes of at least 4 members (excludes halogenated alkanes) is 29. The Balaban J connectivity index is 1.60. The minimum absolute atomic E-state index is 0.186. The molecule has 3 heterocycles. The first kappa shape index (κ1) is 82.2. The number of carbonyl (C=O) groups excluding carboxylic acids is 2. The first-order valence-corrected chi connectivity index (χ1v) is 34.9. The maximum Gasteiger partial charge on any atom is 0.364 e. The Morgan fingerprint density at radius 3 is 1.55 bits per heavy atom. The zero-order valence-electron chi connectivity index (χ0n) is 55.2. The molecule has 3 aliphatic rings. The molecule has 0 aromatic rings. The van der Waals surface area contributed by atoms with Gasteiger partial charge in [0.05, 0.1) is 50.7 Å². The van der Waals surface area contributed by atoms with Crippen LogP contribution < -0.4 is 10.6 Å². The molecule has 0 saturated carbocycles. The van der Waals surface area contributed by atoms with Gasteiger partial charge >= 0.3 is 5.97 Å². The Bertz CT molecular complexity index is 1990. The predicted octanol–water partition coefficient (Wildman–Crippen LogP) is 6.23. The van der Waals surface area contributed by atoms with Gasteiger partial charge in [-0.3, -0.25) is 9.59 Å². The van der Waals surface area contributed by atoms with Crippen LogP contribution in [0.25, 0.3) is 0 Å². The van der Waals surface area contributed by atoms with Gasteiger partial charge in [-0.1, -0.05) is 211 Å². The molecule has 23 heteroatoms. The molecule has 0 spiro atoms. The maximum atomic E-state index is 13.4. The number of aliphatic hydroxyl groups is 11. The molecule has 3 aliphatic heterocycles. The highest BCUT2D eigenvalue weighted by atomic mass is 16.8. The van der Waals surface area contributed by atoms with E-state index in [4.69, 9.17) is 28.4 Å². The van der Waals surface area contributed by atoms with Crippen molar-refractivity contribution < 1.29 is 104 Å². The summed E-state index contributed by atoms with van der Waals surface area (Å²) < 4.78 is 34.8. The normalized spacial score (nSPS) is 28.6. The third kappa shape index (κ3) is 31.1. The van der Waals surface area contributed by atoms with Crippen LogP contribution in [0.3, 0.4) is 0 Å². The Kier molecular flexibility index (Phi) is 43.9. The van der Waals surface area contributed by atoms with Gasteiger partial charge in [0.25, 0.3) is 5.79 Å². The van der Waals surface area contributed by atoms with Gasteiger partial charge in [0.15, 0.2) is 12.6 Å². The molecule has 18 atom stereocenters. The molecule has 3 saturated heterocycles. The Labute approximate surface area is 542 Å². The fourth-order valence-corrected chi connectivity index (χ4v) is 12.0. The van der Waals surface area contributed by atoms with E-state index in [1.807, 2.05) is 6.08 Å². The second kappa shape index (κ2) is 48.6. The van der Waals surface area contributed by atoms with E-state index in [0.717, 1.165) is 71.1 Å². The molecule has 0 radical (unpaired) electrons. The number of hydrogen-bond acceptors (Lipinski definition) is 20. The van der Waals surface area contributed by atoms with E-state index < -0.39 is 155 Å². The summed E-state index contributed by atoms with van der Waals surface area (Å²) in [7, 11) is 0. The standard InChI is InChI=1S/C68H122N2O21/c1-4-6-8-10-12-14-16-18-20-21-22-23-24-25-26-28-29-31-33-35-37-39-41-50(75)49(70-55(78)42-40-38-36-34-32-30-27-19-17-15-13-11-9-7-5-2)47-86-65-60(82)59(81)62(54(46-73)88-65)89-66-61(83)64(58(80)53(45-72)87-66)91-68(67(84)85)43-51(76)56(69-48(3)74)63(90-68)57(79)52(77)44-71/h13,15,17,19,39,41,49-54,56-66,71-73,75-77,79-83H,4-12,14,16,18,20-38,40,42-47H2,1-3H3,(H,69,74)(H,70,78)(H,84,85)/b15-13-,19-17-,41-39+. The highest BCUT2D eigenvalue weighted by Crippen LogP contribution is 2.39. The third-order valence-electron chi connectivity index (χ3n) is 17.6. The lowest BCUT2D eigenvalue weighted by Crippen LogP contribution is -2.70. The molecule has 18 unspecified atom stereocenters. The number of hydrogen-bond donors (Lipinski definition) is 14. The van der Waals surface area contributed by atoms with Crippen LogP contribution in [0.2, 0.25) is 0 Å². The minimum Gasteiger partial charge on any atom is -0.477 e. The average Bonchev–Trinajstić information content (AvgIpc) is 0.768. The SMILES string of the molecule is CCCCC/C=C\C=C/CCCCCCCCC(=O)NC(COC1OC(CO)C(OC2OC(CO)C(O)C(OC3(C(=O)O)CC(O)C(NC(C)=O)C(C(O)C(O)CO)O3)C2O)C(O)C1O)C(O)/C=C/CCCCCCCCCCCCCCCCCCCCCC. The summed E-state index contributed by atoms with van der Waals surface area (Å²) >= 11 is 0. The molecule has 91 heavy (non-hydrogen) atoms. The molecular formula is C68H122N2O21. The van der Waals surface area contributed by atoms with Crippen molar-refractivity contribution in [2.75, 3.05) is 26.4 Å². The van der Waals surface area contributed by atoms with Gasteiger partial charge < -0.3 is 100 Å². The van der Waals surface area contributed by atoms with E-state index in [1.165, 1.54) is 128 Å². The number of aliphatic carboxylic acids is 1. The number of ether oxygens (including phenoxy) is 6. The largest absolute Gasteiger partial charge is 0.477 e. The van der Waals surface area contributed by atoms with Gasteiger partial charge in [0.1, 0.15) is 67.1 Å². The summed E-state index contributed by atoms with van der Waals surface area (Å²) in [5.41, 5.74) is 0. The lowest BCUT2D eigenvalue weighted by molar-refractivity contribution is -0.386. The van der Waals surface area contributed by atoms with Crippen molar-refractivity contribution in [3.63, 3.8) is 0 Å².